The lowest BCUT2D eigenvalue weighted by Gasteiger charge is -2.12. The number of alkyl halides is 3. The van der Waals surface area contributed by atoms with Gasteiger partial charge in [0.1, 0.15) is 12.4 Å². The quantitative estimate of drug-likeness (QED) is 0.857. The topological polar surface area (TPSA) is 35.2 Å². The third-order valence-electron chi connectivity index (χ3n) is 3.04. The molecule has 2 rings (SSSR count). The highest BCUT2D eigenvalue weighted by atomic mass is 19.4. The van der Waals surface area contributed by atoms with Crippen LogP contribution < -0.4 is 10.5 Å². The third-order valence-corrected chi connectivity index (χ3v) is 3.04. The Morgan fingerprint density at radius 1 is 1.10 bits per heavy atom. The first-order valence-electron chi connectivity index (χ1n) is 6.02. The molecule has 2 aromatic rings. The van der Waals surface area contributed by atoms with Crippen LogP contribution in [0.25, 0.3) is 0 Å². The number of nitrogen functional groups attached to an aromatic ring is 1. The van der Waals surface area contributed by atoms with Gasteiger partial charge in [0.05, 0.1) is 5.56 Å². The molecule has 2 N–H and O–H groups in total. The fourth-order valence-corrected chi connectivity index (χ4v) is 1.78. The summed E-state index contributed by atoms with van der Waals surface area (Å²) in [5, 5.41) is 0. The Kier molecular flexibility index (Phi) is 3.88. The Morgan fingerprint density at radius 3 is 2.50 bits per heavy atom. The van der Waals surface area contributed by atoms with Crippen LogP contribution in [0.2, 0.25) is 0 Å². The van der Waals surface area contributed by atoms with E-state index >= 15 is 0 Å². The van der Waals surface area contributed by atoms with E-state index in [-0.39, 0.29) is 12.4 Å². The van der Waals surface area contributed by atoms with Crippen LogP contribution in [-0.2, 0) is 12.8 Å². The summed E-state index contributed by atoms with van der Waals surface area (Å²) in [6.45, 7) is 2.03. The maximum Gasteiger partial charge on any atom is 0.416 e. The predicted molar refractivity (Wildman–Crippen MR) is 71.4 cm³/mol. The van der Waals surface area contributed by atoms with Gasteiger partial charge in [0.25, 0.3) is 0 Å². The molecular formula is C15H14F3NO. The molecule has 0 aliphatic rings. The van der Waals surface area contributed by atoms with Crippen molar-refractivity contribution in [2.24, 2.45) is 0 Å². The standard InChI is InChI=1S/C15H14F3NO/c1-10-11(4-2-7-14(10)19)9-20-13-6-3-5-12(8-13)15(16,17)18/h2-8H,9,19H2,1H3. The van der Waals surface area contributed by atoms with Gasteiger partial charge in [-0.15, -0.1) is 0 Å². The molecule has 20 heavy (non-hydrogen) atoms. The number of halogens is 3. The lowest BCUT2D eigenvalue weighted by Crippen LogP contribution is -2.05. The van der Waals surface area contributed by atoms with Crippen molar-refractivity contribution in [3.8, 4) is 5.75 Å². The molecule has 0 aromatic heterocycles. The van der Waals surface area contributed by atoms with Gasteiger partial charge in [0.2, 0.25) is 0 Å². The summed E-state index contributed by atoms with van der Waals surface area (Å²) in [5.74, 6) is 0.182. The molecule has 0 fully saturated rings. The molecule has 0 spiro atoms. The summed E-state index contributed by atoms with van der Waals surface area (Å²) < 4.78 is 43.1. The molecule has 0 heterocycles. The first-order valence-corrected chi connectivity index (χ1v) is 6.02. The molecule has 2 aromatic carbocycles. The number of hydrogen-bond acceptors (Lipinski definition) is 2. The molecule has 2 nitrogen and oxygen atoms in total. The average Bonchev–Trinajstić information content (AvgIpc) is 2.40. The van der Waals surface area contributed by atoms with Crippen molar-refractivity contribution >= 4 is 5.69 Å². The van der Waals surface area contributed by atoms with E-state index in [0.29, 0.717) is 5.69 Å². The molecule has 0 saturated heterocycles. The maximum absolute atomic E-state index is 12.6. The largest absolute Gasteiger partial charge is 0.489 e. The van der Waals surface area contributed by atoms with Gasteiger partial charge in [0.15, 0.2) is 0 Å². The minimum absolute atomic E-state index is 0.179. The van der Waals surface area contributed by atoms with Gasteiger partial charge in [-0.25, -0.2) is 0 Å². The van der Waals surface area contributed by atoms with Crippen LogP contribution in [-0.4, -0.2) is 0 Å². The fraction of sp³-hybridized carbons (Fsp3) is 0.200. The van der Waals surface area contributed by atoms with Gasteiger partial charge in [0, 0.05) is 5.69 Å². The first kappa shape index (κ1) is 14.2. The van der Waals surface area contributed by atoms with Gasteiger partial charge in [-0.2, -0.15) is 13.2 Å². The zero-order chi connectivity index (χ0) is 14.8. The Hall–Kier alpha value is -2.17. The van der Waals surface area contributed by atoms with Crippen molar-refractivity contribution in [2.45, 2.75) is 19.7 Å². The van der Waals surface area contributed by atoms with Crippen LogP contribution in [0.15, 0.2) is 42.5 Å². The molecule has 0 aliphatic carbocycles. The number of benzene rings is 2. The normalized spacial score (nSPS) is 11.4. The second-order valence-corrected chi connectivity index (χ2v) is 4.45. The lowest BCUT2D eigenvalue weighted by atomic mass is 10.1. The molecular weight excluding hydrogens is 267 g/mol. The summed E-state index contributed by atoms with van der Waals surface area (Å²) >= 11 is 0. The van der Waals surface area contributed by atoms with Crippen LogP contribution in [0.5, 0.6) is 5.75 Å². The van der Waals surface area contributed by atoms with E-state index in [0.717, 1.165) is 23.3 Å². The second-order valence-electron chi connectivity index (χ2n) is 4.45. The van der Waals surface area contributed by atoms with E-state index < -0.39 is 11.7 Å². The fourth-order valence-electron chi connectivity index (χ4n) is 1.78. The van der Waals surface area contributed by atoms with Crippen molar-refractivity contribution < 1.29 is 17.9 Å². The van der Waals surface area contributed by atoms with Crippen molar-refractivity contribution in [3.05, 3.63) is 59.2 Å². The van der Waals surface area contributed by atoms with Gasteiger partial charge in [-0.05, 0) is 42.3 Å². The van der Waals surface area contributed by atoms with Gasteiger partial charge in [-0.3, -0.25) is 0 Å². The minimum atomic E-state index is -4.37. The number of anilines is 1. The molecule has 0 bridgehead atoms. The number of rotatable bonds is 3. The van der Waals surface area contributed by atoms with E-state index in [9.17, 15) is 13.2 Å². The van der Waals surface area contributed by atoms with Crippen molar-refractivity contribution in [1.29, 1.82) is 0 Å². The highest BCUT2D eigenvalue weighted by molar-refractivity contribution is 5.49. The summed E-state index contributed by atoms with van der Waals surface area (Å²) in [4.78, 5) is 0. The zero-order valence-corrected chi connectivity index (χ0v) is 10.9. The van der Waals surface area contributed by atoms with E-state index in [1.54, 1.807) is 12.1 Å². The van der Waals surface area contributed by atoms with Crippen molar-refractivity contribution in [2.75, 3.05) is 5.73 Å². The highest BCUT2D eigenvalue weighted by Crippen LogP contribution is 2.31. The minimum Gasteiger partial charge on any atom is -0.489 e. The molecule has 5 heteroatoms. The number of nitrogens with two attached hydrogens (primary N) is 1. The van der Waals surface area contributed by atoms with Gasteiger partial charge >= 0.3 is 6.18 Å². The van der Waals surface area contributed by atoms with Crippen LogP contribution in [0.3, 0.4) is 0 Å². The van der Waals surface area contributed by atoms with Crippen LogP contribution in [0.4, 0.5) is 18.9 Å². The summed E-state index contributed by atoms with van der Waals surface area (Å²) in [6.07, 6.45) is -4.37. The Labute approximate surface area is 115 Å². The maximum atomic E-state index is 12.6. The van der Waals surface area contributed by atoms with E-state index in [1.165, 1.54) is 12.1 Å². The Morgan fingerprint density at radius 2 is 1.80 bits per heavy atom. The smallest absolute Gasteiger partial charge is 0.416 e. The second kappa shape index (κ2) is 5.45. The molecule has 0 unspecified atom stereocenters. The lowest BCUT2D eigenvalue weighted by molar-refractivity contribution is -0.137. The summed E-state index contributed by atoms with van der Waals surface area (Å²) in [5.41, 5.74) is 7.40. The molecule has 0 aliphatic heterocycles. The van der Waals surface area contributed by atoms with Crippen molar-refractivity contribution in [3.63, 3.8) is 0 Å². The number of ether oxygens (including phenoxy) is 1. The summed E-state index contributed by atoms with van der Waals surface area (Å²) in [6, 6.07) is 10.2. The van der Waals surface area contributed by atoms with Crippen LogP contribution in [0.1, 0.15) is 16.7 Å². The Balaban J connectivity index is 2.13. The van der Waals surface area contributed by atoms with Crippen molar-refractivity contribution in [1.82, 2.24) is 0 Å². The molecule has 0 saturated carbocycles. The first-order chi connectivity index (χ1) is 9.38. The van der Waals surface area contributed by atoms with Gasteiger partial charge < -0.3 is 10.5 Å². The van der Waals surface area contributed by atoms with E-state index in [4.69, 9.17) is 10.5 Å². The SMILES string of the molecule is Cc1c(N)cccc1COc1cccc(C(F)(F)F)c1. The average molecular weight is 281 g/mol. The predicted octanol–water partition coefficient (Wildman–Crippen LogP) is 4.18. The zero-order valence-electron chi connectivity index (χ0n) is 10.9. The highest BCUT2D eigenvalue weighted by Gasteiger charge is 2.30. The molecule has 0 atom stereocenters. The van der Waals surface area contributed by atoms with Crippen LogP contribution >= 0.6 is 0 Å². The number of hydrogen-bond donors (Lipinski definition) is 1. The Bertz CT molecular complexity index is 608. The molecule has 0 radical (unpaired) electrons. The van der Waals surface area contributed by atoms with Gasteiger partial charge in [-0.1, -0.05) is 18.2 Å². The van der Waals surface area contributed by atoms with E-state index in [2.05, 4.69) is 0 Å². The van der Waals surface area contributed by atoms with E-state index in [1.807, 2.05) is 13.0 Å². The molecule has 106 valence electrons. The third kappa shape index (κ3) is 3.23. The summed E-state index contributed by atoms with van der Waals surface area (Å²) in [7, 11) is 0. The van der Waals surface area contributed by atoms with Crippen LogP contribution in [0, 0.1) is 6.92 Å². The monoisotopic (exact) mass is 281 g/mol. The molecule has 0 amide bonds.